The molecule has 2 N–H and O–H groups in total. The largest absolute Gasteiger partial charge is 0.324 e. The van der Waals surface area contributed by atoms with Gasteiger partial charge in [0.15, 0.2) is 5.17 Å². The Hall–Kier alpha value is -1.96. The number of benzene rings is 1. The smallest absolute Gasteiger partial charge is 0.240 e. The van der Waals surface area contributed by atoms with Gasteiger partial charge in [0.1, 0.15) is 16.9 Å². The van der Waals surface area contributed by atoms with E-state index in [0.717, 1.165) is 12.1 Å². The van der Waals surface area contributed by atoms with E-state index in [-0.39, 0.29) is 23.6 Å². The van der Waals surface area contributed by atoms with Crippen LogP contribution in [-0.4, -0.2) is 27.8 Å². The molecule has 23 heavy (non-hydrogen) atoms. The van der Waals surface area contributed by atoms with Crippen LogP contribution >= 0.6 is 11.8 Å². The van der Waals surface area contributed by atoms with E-state index < -0.39 is 22.8 Å². The SMILES string of the molecule is CC(C)(C)N=C1NC(=O)[C@H](CC(=O)Nc2ccc(F)cc2F)S1. The van der Waals surface area contributed by atoms with Gasteiger partial charge in [-0.05, 0) is 32.9 Å². The van der Waals surface area contributed by atoms with Crippen LogP contribution in [0.1, 0.15) is 27.2 Å². The summed E-state index contributed by atoms with van der Waals surface area (Å²) in [6, 6.07) is 2.86. The summed E-state index contributed by atoms with van der Waals surface area (Å²) in [5.41, 5.74) is -0.465. The van der Waals surface area contributed by atoms with Crippen molar-refractivity contribution in [2.75, 3.05) is 5.32 Å². The van der Waals surface area contributed by atoms with E-state index in [1.165, 1.54) is 11.8 Å². The molecule has 1 aromatic carbocycles. The topological polar surface area (TPSA) is 70.6 Å². The third kappa shape index (κ3) is 5.02. The second-order valence-corrected chi connectivity index (χ2v) is 7.25. The number of carbonyl (C=O) groups excluding carboxylic acids is 2. The third-order valence-corrected chi connectivity index (χ3v) is 3.87. The molecule has 8 heteroatoms. The van der Waals surface area contributed by atoms with Crippen LogP contribution in [0.5, 0.6) is 0 Å². The van der Waals surface area contributed by atoms with Crippen LogP contribution < -0.4 is 10.6 Å². The molecule has 0 aliphatic carbocycles. The number of nitrogens with one attached hydrogen (secondary N) is 2. The van der Waals surface area contributed by atoms with Gasteiger partial charge in [-0.25, -0.2) is 8.78 Å². The minimum atomic E-state index is -0.864. The summed E-state index contributed by atoms with van der Waals surface area (Å²) in [7, 11) is 0. The fourth-order valence-electron chi connectivity index (χ4n) is 1.86. The van der Waals surface area contributed by atoms with Crippen molar-refractivity contribution in [1.29, 1.82) is 0 Å². The van der Waals surface area contributed by atoms with E-state index in [0.29, 0.717) is 11.2 Å². The fourth-order valence-corrected chi connectivity index (χ4v) is 3.01. The lowest BCUT2D eigenvalue weighted by molar-refractivity contribution is -0.122. The molecule has 0 radical (unpaired) electrons. The van der Waals surface area contributed by atoms with Crippen molar-refractivity contribution >= 4 is 34.4 Å². The summed E-state index contributed by atoms with van der Waals surface area (Å²) in [6.07, 6.45) is -0.128. The molecule has 1 aliphatic rings. The number of anilines is 1. The second-order valence-electron chi connectivity index (χ2n) is 6.06. The van der Waals surface area contributed by atoms with Crippen molar-refractivity contribution in [2.24, 2.45) is 4.99 Å². The monoisotopic (exact) mass is 341 g/mol. The van der Waals surface area contributed by atoms with Gasteiger partial charge in [-0.3, -0.25) is 14.6 Å². The first kappa shape index (κ1) is 17.4. The lowest BCUT2D eigenvalue weighted by Crippen LogP contribution is -2.29. The Morgan fingerprint density at radius 2 is 2.09 bits per heavy atom. The van der Waals surface area contributed by atoms with E-state index in [4.69, 9.17) is 0 Å². The Labute approximate surface area is 136 Å². The van der Waals surface area contributed by atoms with Gasteiger partial charge in [0.25, 0.3) is 0 Å². The standard InChI is InChI=1S/C15H17F2N3O2S/c1-15(2,3)20-14-19-13(22)11(23-14)7-12(21)18-10-5-4-8(16)6-9(10)17/h4-6,11H,7H2,1-3H3,(H,18,21)(H,19,20,22)/t11-/m0/s1. The number of carbonyl (C=O) groups is 2. The first-order chi connectivity index (χ1) is 10.6. The van der Waals surface area contributed by atoms with Gasteiger partial charge in [-0.1, -0.05) is 11.8 Å². The average Bonchev–Trinajstić information content (AvgIpc) is 2.70. The summed E-state index contributed by atoms with van der Waals surface area (Å²) in [5, 5.41) is 4.79. The molecule has 0 aromatic heterocycles. The maximum atomic E-state index is 13.5. The first-order valence-corrected chi connectivity index (χ1v) is 7.84. The van der Waals surface area contributed by atoms with Crippen LogP contribution in [0.4, 0.5) is 14.5 Å². The van der Waals surface area contributed by atoms with Crippen LogP contribution in [-0.2, 0) is 9.59 Å². The number of thioether (sulfide) groups is 1. The van der Waals surface area contributed by atoms with Crippen molar-refractivity contribution in [2.45, 2.75) is 38.0 Å². The van der Waals surface area contributed by atoms with Crippen LogP contribution in [0.2, 0.25) is 0 Å². The van der Waals surface area contributed by atoms with Gasteiger partial charge in [0.05, 0.1) is 11.2 Å². The summed E-state index contributed by atoms with van der Waals surface area (Å²) < 4.78 is 26.3. The number of rotatable bonds is 3. The maximum absolute atomic E-state index is 13.5. The zero-order valence-corrected chi connectivity index (χ0v) is 13.8. The number of amides is 2. The van der Waals surface area contributed by atoms with Gasteiger partial charge in [-0.15, -0.1) is 0 Å². The predicted molar refractivity (Wildman–Crippen MR) is 86.3 cm³/mol. The number of hydrogen-bond donors (Lipinski definition) is 2. The number of hydrogen-bond acceptors (Lipinski definition) is 4. The molecule has 0 bridgehead atoms. The minimum Gasteiger partial charge on any atom is -0.324 e. The Morgan fingerprint density at radius 3 is 2.70 bits per heavy atom. The molecule has 0 saturated carbocycles. The van der Waals surface area contributed by atoms with Crippen LogP contribution in [0, 0.1) is 11.6 Å². The Bertz CT molecular complexity index is 671. The lowest BCUT2D eigenvalue weighted by atomic mass is 10.1. The van der Waals surface area contributed by atoms with Crippen molar-refractivity contribution in [3.05, 3.63) is 29.8 Å². The van der Waals surface area contributed by atoms with E-state index in [9.17, 15) is 18.4 Å². The Balaban J connectivity index is 1.98. The molecule has 0 unspecified atom stereocenters. The lowest BCUT2D eigenvalue weighted by Gasteiger charge is -2.12. The maximum Gasteiger partial charge on any atom is 0.240 e. The summed E-state index contributed by atoms with van der Waals surface area (Å²) in [6.45, 7) is 5.68. The molecule has 5 nitrogen and oxygen atoms in total. The Morgan fingerprint density at radius 1 is 1.39 bits per heavy atom. The zero-order valence-electron chi connectivity index (χ0n) is 12.9. The van der Waals surface area contributed by atoms with E-state index in [1.807, 2.05) is 20.8 Å². The van der Waals surface area contributed by atoms with Gasteiger partial charge >= 0.3 is 0 Å². The molecular weight excluding hydrogens is 324 g/mol. The van der Waals surface area contributed by atoms with Gasteiger partial charge < -0.3 is 10.6 Å². The minimum absolute atomic E-state index is 0.122. The average molecular weight is 341 g/mol. The van der Waals surface area contributed by atoms with Crippen LogP contribution in [0.3, 0.4) is 0 Å². The highest BCUT2D eigenvalue weighted by atomic mass is 32.2. The number of aliphatic imine (C=N–C) groups is 1. The molecule has 1 fully saturated rings. The molecule has 1 aliphatic heterocycles. The van der Waals surface area contributed by atoms with Crippen molar-refractivity contribution < 1.29 is 18.4 Å². The van der Waals surface area contributed by atoms with Crippen molar-refractivity contribution in [3.63, 3.8) is 0 Å². The predicted octanol–water partition coefficient (Wildman–Crippen LogP) is 2.68. The second kappa shape index (κ2) is 6.66. The highest BCUT2D eigenvalue weighted by molar-refractivity contribution is 8.15. The van der Waals surface area contributed by atoms with Gasteiger partial charge in [0, 0.05) is 12.5 Å². The normalized spacial score (nSPS) is 19.8. The third-order valence-electron chi connectivity index (χ3n) is 2.79. The van der Waals surface area contributed by atoms with Crippen LogP contribution in [0.25, 0.3) is 0 Å². The molecule has 1 atom stereocenters. The Kier molecular flexibility index (Phi) is 5.03. The quantitative estimate of drug-likeness (QED) is 0.888. The highest BCUT2D eigenvalue weighted by Gasteiger charge is 2.33. The summed E-state index contributed by atoms with van der Waals surface area (Å²) >= 11 is 1.17. The molecule has 124 valence electrons. The van der Waals surface area contributed by atoms with E-state index in [2.05, 4.69) is 15.6 Å². The first-order valence-electron chi connectivity index (χ1n) is 6.96. The number of nitrogens with zero attached hydrogens (tertiary/aromatic N) is 1. The number of amidine groups is 1. The molecule has 1 heterocycles. The number of halogens is 2. The molecule has 1 aromatic rings. The molecule has 0 spiro atoms. The van der Waals surface area contributed by atoms with Crippen molar-refractivity contribution in [3.8, 4) is 0 Å². The van der Waals surface area contributed by atoms with Crippen LogP contribution in [0.15, 0.2) is 23.2 Å². The van der Waals surface area contributed by atoms with Gasteiger partial charge in [0.2, 0.25) is 11.8 Å². The molecule has 2 rings (SSSR count). The van der Waals surface area contributed by atoms with E-state index in [1.54, 1.807) is 0 Å². The summed E-state index contributed by atoms with van der Waals surface area (Å²) in [4.78, 5) is 28.1. The van der Waals surface area contributed by atoms with E-state index >= 15 is 0 Å². The molecular formula is C15H17F2N3O2S. The highest BCUT2D eigenvalue weighted by Crippen LogP contribution is 2.25. The fraction of sp³-hybridized carbons (Fsp3) is 0.400. The van der Waals surface area contributed by atoms with Crippen molar-refractivity contribution in [1.82, 2.24) is 5.32 Å². The summed E-state index contributed by atoms with van der Waals surface area (Å²) in [5.74, 6) is -2.43. The zero-order chi connectivity index (χ0) is 17.2. The molecule has 1 saturated heterocycles. The van der Waals surface area contributed by atoms with Gasteiger partial charge in [-0.2, -0.15) is 0 Å². The molecule has 2 amide bonds.